The van der Waals surface area contributed by atoms with Crippen molar-refractivity contribution in [2.24, 2.45) is 0 Å². The van der Waals surface area contributed by atoms with Crippen LogP contribution in [0.25, 0.3) is 10.9 Å². The molecule has 0 spiro atoms. The predicted molar refractivity (Wildman–Crippen MR) is 77.4 cm³/mol. The summed E-state index contributed by atoms with van der Waals surface area (Å²) in [7, 11) is 0. The van der Waals surface area contributed by atoms with E-state index in [1.54, 1.807) is 11.3 Å². The number of aromatic nitrogens is 2. The Labute approximate surface area is 111 Å². The molecule has 0 aliphatic heterocycles. The van der Waals surface area contributed by atoms with Crippen LogP contribution in [0.4, 0.5) is 0 Å². The maximum absolute atomic E-state index is 4.61. The van der Waals surface area contributed by atoms with Crippen molar-refractivity contribution in [1.29, 1.82) is 0 Å². The van der Waals surface area contributed by atoms with Gasteiger partial charge in [-0.1, -0.05) is 12.1 Å². The minimum Gasteiger partial charge on any atom is -0.341 e. The number of aryl methyl sites for hydroxylation is 3. The summed E-state index contributed by atoms with van der Waals surface area (Å²) in [4.78, 5) is 5.93. The van der Waals surface area contributed by atoms with Gasteiger partial charge in [-0.15, -0.1) is 11.3 Å². The van der Waals surface area contributed by atoms with Crippen molar-refractivity contribution in [2.75, 3.05) is 0 Å². The molecule has 0 saturated carbocycles. The zero-order valence-corrected chi connectivity index (χ0v) is 11.7. The van der Waals surface area contributed by atoms with Gasteiger partial charge in [0.2, 0.25) is 0 Å². The first-order valence-corrected chi connectivity index (χ1v) is 6.94. The number of nitrogens with zero attached hydrogens (tertiary/aromatic N) is 2. The van der Waals surface area contributed by atoms with E-state index in [1.165, 1.54) is 26.4 Å². The van der Waals surface area contributed by atoms with Crippen LogP contribution in [0.5, 0.6) is 0 Å². The van der Waals surface area contributed by atoms with Crippen molar-refractivity contribution in [3.8, 4) is 0 Å². The third-order valence-electron chi connectivity index (χ3n) is 3.41. The van der Waals surface area contributed by atoms with Crippen LogP contribution >= 0.6 is 11.3 Å². The average molecular weight is 256 g/mol. The Bertz CT molecular complexity index is 687. The molecule has 0 aliphatic rings. The molecule has 0 N–H and O–H groups in total. The minimum absolute atomic E-state index is 0.867. The van der Waals surface area contributed by atoms with Crippen LogP contribution in [0, 0.1) is 20.8 Å². The Morgan fingerprint density at radius 2 is 2.00 bits per heavy atom. The van der Waals surface area contributed by atoms with Crippen LogP contribution in [0.1, 0.15) is 21.1 Å². The van der Waals surface area contributed by atoms with Gasteiger partial charge in [-0.25, -0.2) is 4.98 Å². The second-order valence-corrected chi connectivity index (χ2v) is 5.99. The summed E-state index contributed by atoms with van der Waals surface area (Å²) in [5.74, 6) is 0. The Balaban J connectivity index is 2.02. The van der Waals surface area contributed by atoms with Gasteiger partial charge in [-0.3, -0.25) is 0 Å². The fraction of sp³-hybridized carbons (Fsp3) is 0.267. The number of hydrogen-bond donors (Lipinski definition) is 0. The molecule has 92 valence electrons. The molecule has 0 bridgehead atoms. The highest BCUT2D eigenvalue weighted by Crippen LogP contribution is 2.23. The number of hydrogen-bond acceptors (Lipinski definition) is 2. The molecule has 3 rings (SSSR count). The van der Waals surface area contributed by atoms with Crippen molar-refractivity contribution in [3.63, 3.8) is 0 Å². The Hall–Kier alpha value is -1.61. The highest BCUT2D eigenvalue weighted by atomic mass is 32.1. The molecule has 0 unspecified atom stereocenters. The molecule has 2 aromatic heterocycles. The lowest BCUT2D eigenvalue weighted by Crippen LogP contribution is -1.97. The second-order valence-electron chi connectivity index (χ2n) is 4.70. The van der Waals surface area contributed by atoms with Crippen molar-refractivity contribution < 1.29 is 0 Å². The molecule has 0 fully saturated rings. The molecule has 0 radical (unpaired) electrons. The SMILES string of the molecule is Cc1nc(Cn2ccc3c(C)cccc32)sc1C. The fourth-order valence-electron chi connectivity index (χ4n) is 2.27. The molecule has 18 heavy (non-hydrogen) atoms. The first kappa shape index (κ1) is 11.5. The average Bonchev–Trinajstić information content (AvgIpc) is 2.86. The summed E-state index contributed by atoms with van der Waals surface area (Å²) in [6.07, 6.45) is 2.16. The normalized spacial score (nSPS) is 11.3. The van der Waals surface area contributed by atoms with Gasteiger partial charge in [0.1, 0.15) is 5.01 Å². The van der Waals surface area contributed by atoms with E-state index in [2.05, 4.69) is 60.8 Å². The monoisotopic (exact) mass is 256 g/mol. The molecule has 3 heteroatoms. The molecule has 1 aromatic carbocycles. The number of benzene rings is 1. The number of rotatable bonds is 2. The Morgan fingerprint density at radius 3 is 2.72 bits per heavy atom. The van der Waals surface area contributed by atoms with Gasteiger partial charge in [-0.2, -0.15) is 0 Å². The van der Waals surface area contributed by atoms with E-state index in [0.29, 0.717) is 0 Å². The third-order valence-corrected chi connectivity index (χ3v) is 4.47. The van der Waals surface area contributed by atoms with E-state index in [-0.39, 0.29) is 0 Å². The molecule has 0 aliphatic carbocycles. The van der Waals surface area contributed by atoms with Crippen molar-refractivity contribution >= 4 is 22.2 Å². The fourth-order valence-corrected chi connectivity index (χ4v) is 3.20. The second kappa shape index (κ2) is 4.25. The minimum atomic E-state index is 0.867. The number of thiazole rings is 1. The summed E-state index contributed by atoms with van der Waals surface area (Å²) < 4.78 is 2.28. The largest absolute Gasteiger partial charge is 0.341 e. The smallest absolute Gasteiger partial charge is 0.113 e. The highest BCUT2D eigenvalue weighted by Gasteiger charge is 2.07. The summed E-state index contributed by atoms with van der Waals surface area (Å²) in [6, 6.07) is 8.64. The molecular formula is C15H16N2S. The maximum Gasteiger partial charge on any atom is 0.113 e. The van der Waals surface area contributed by atoms with Gasteiger partial charge in [0.05, 0.1) is 12.2 Å². The quantitative estimate of drug-likeness (QED) is 0.675. The van der Waals surface area contributed by atoms with Gasteiger partial charge in [-0.05, 0) is 38.5 Å². The topological polar surface area (TPSA) is 17.8 Å². The van der Waals surface area contributed by atoms with E-state index in [9.17, 15) is 0 Å². The van der Waals surface area contributed by atoms with Crippen LogP contribution in [0.2, 0.25) is 0 Å². The summed E-state index contributed by atoms with van der Waals surface area (Å²) in [5, 5.41) is 2.52. The van der Waals surface area contributed by atoms with Crippen LogP contribution in [-0.2, 0) is 6.54 Å². The first-order valence-electron chi connectivity index (χ1n) is 6.12. The van der Waals surface area contributed by atoms with Gasteiger partial charge < -0.3 is 4.57 Å². The Kier molecular flexibility index (Phi) is 2.71. The van der Waals surface area contributed by atoms with Crippen molar-refractivity contribution in [3.05, 3.63) is 51.6 Å². The lowest BCUT2D eigenvalue weighted by atomic mass is 10.1. The van der Waals surface area contributed by atoms with E-state index in [1.807, 2.05) is 0 Å². The summed E-state index contributed by atoms with van der Waals surface area (Å²) in [6.45, 7) is 7.23. The third kappa shape index (κ3) is 1.85. The van der Waals surface area contributed by atoms with Gasteiger partial charge in [0, 0.05) is 22.0 Å². The van der Waals surface area contributed by atoms with Crippen LogP contribution in [0.3, 0.4) is 0 Å². The maximum atomic E-state index is 4.61. The van der Waals surface area contributed by atoms with Gasteiger partial charge in [0.15, 0.2) is 0 Å². The van der Waals surface area contributed by atoms with E-state index in [4.69, 9.17) is 0 Å². The summed E-state index contributed by atoms with van der Waals surface area (Å²) >= 11 is 1.79. The highest BCUT2D eigenvalue weighted by molar-refractivity contribution is 7.11. The van der Waals surface area contributed by atoms with Crippen molar-refractivity contribution in [1.82, 2.24) is 9.55 Å². The lowest BCUT2D eigenvalue weighted by molar-refractivity contribution is 0.824. The van der Waals surface area contributed by atoms with Gasteiger partial charge in [0.25, 0.3) is 0 Å². The molecular weight excluding hydrogens is 240 g/mol. The first-order chi connectivity index (χ1) is 8.65. The molecule has 0 saturated heterocycles. The molecule has 2 nitrogen and oxygen atoms in total. The van der Waals surface area contributed by atoms with Crippen LogP contribution in [0.15, 0.2) is 30.5 Å². The molecule has 0 amide bonds. The molecule has 0 atom stereocenters. The van der Waals surface area contributed by atoms with Crippen molar-refractivity contribution in [2.45, 2.75) is 27.3 Å². The zero-order chi connectivity index (χ0) is 12.7. The number of fused-ring (bicyclic) bond motifs is 1. The molecule has 2 heterocycles. The van der Waals surface area contributed by atoms with E-state index in [0.717, 1.165) is 12.2 Å². The zero-order valence-electron chi connectivity index (χ0n) is 10.9. The Morgan fingerprint density at radius 1 is 1.17 bits per heavy atom. The predicted octanol–water partition coefficient (Wildman–Crippen LogP) is 4.07. The lowest BCUT2D eigenvalue weighted by Gasteiger charge is -2.03. The standard InChI is InChI=1S/C15H16N2S/c1-10-5-4-6-14-13(10)7-8-17(14)9-15-16-11(2)12(3)18-15/h4-8H,9H2,1-3H3. The molecule has 3 aromatic rings. The van der Waals surface area contributed by atoms with Crippen LogP contribution in [-0.4, -0.2) is 9.55 Å². The van der Waals surface area contributed by atoms with E-state index < -0.39 is 0 Å². The van der Waals surface area contributed by atoms with Gasteiger partial charge >= 0.3 is 0 Å². The van der Waals surface area contributed by atoms with E-state index >= 15 is 0 Å². The van der Waals surface area contributed by atoms with Crippen LogP contribution < -0.4 is 0 Å². The summed E-state index contributed by atoms with van der Waals surface area (Å²) in [5.41, 5.74) is 3.78.